The molecule has 11 heavy (non-hydrogen) atoms. The van der Waals surface area contributed by atoms with Gasteiger partial charge in [-0.2, -0.15) is 0 Å². The SMILES string of the molecule is CCOC(=O)C1=CNCCS1. The molecule has 0 aromatic heterocycles. The van der Waals surface area contributed by atoms with E-state index in [1.165, 1.54) is 11.8 Å². The fourth-order valence-electron chi connectivity index (χ4n) is 0.747. The monoisotopic (exact) mass is 173 g/mol. The van der Waals surface area contributed by atoms with Gasteiger partial charge in [0.25, 0.3) is 0 Å². The third-order valence-corrected chi connectivity index (χ3v) is 2.22. The number of carbonyl (C=O) groups is 1. The maximum atomic E-state index is 11.0. The molecule has 0 aromatic rings. The van der Waals surface area contributed by atoms with Crippen LogP contribution in [-0.2, 0) is 9.53 Å². The third-order valence-electron chi connectivity index (χ3n) is 1.21. The van der Waals surface area contributed by atoms with Crippen LogP contribution in [0.2, 0.25) is 0 Å². The zero-order valence-electron chi connectivity index (χ0n) is 6.42. The summed E-state index contributed by atoms with van der Waals surface area (Å²) in [4.78, 5) is 11.7. The van der Waals surface area contributed by atoms with Crippen LogP contribution in [0.5, 0.6) is 0 Å². The van der Waals surface area contributed by atoms with Gasteiger partial charge in [-0.15, -0.1) is 11.8 Å². The fraction of sp³-hybridized carbons (Fsp3) is 0.571. The number of hydrogen-bond donors (Lipinski definition) is 1. The molecular weight excluding hydrogens is 162 g/mol. The van der Waals surface area contributed by atoms with E-state index in [4.69, 9.17) is 4.74 Å². The maximum Gasteiger partial charge on any atom is 0.346 e. The largest absolute Gasteiger partial charge is 0.462 e. The summed E-state index contributed by atoms with van der Waals surface area (Å²) in [6.45, 7) is 3.17. The molecule has 1 N–H and O–H groups in total. The smallest absolute Gasteiger partial charge is 0.346 e. The molecule has 0 unspecified atom stereocenters. The molecular formula is C7H11NO2S. The van der Waals surface area contributed by atoms with Crippen LogP contribution in [-0.4, -0.2) is 24.9 Å². The van der Waals surface area contributed by atoms with E-state index >= 15 is 0 Å². The lowest BCUT2D eigenvalue weighted by molar-refractivity contribution is -0.137. The topological polar surface area (TPSA) is 38.3 Å². The average Bonchev–Trinajstić information content (AvgIpc) is 2.07. The highest BCUT2D eigenvalue weighted by Crippen LogP contribution is 2.18. The molecule has 1 heterocycles. The second kappa shape index (κ2) is 4.28. The van der Waals surface area contributed by atoms with Crippen LogP contribution in [0.25, 0.3) is 0 Å². The van der Waals surface area contributed by atoms with Gasteiger partial charge in [0.1, 0.15) is 4.91 Å². The van der Waals surface area contributed by atoms with Crippen LogP contribution < -0.4 is 5.32 Å². The molecule has 0 aliphatic carbocycles. The van der Waals surface area contributed by atoms with Crippen molar-refractivity contribution in [1.82, 2.24) is 5.32 Å². The van der Waals surface area contributed by atoms with Crippen LogP contribution in [0.3, 0.4) is 0 Å². The summed E-state index contributed by atoms with van der Waals surface area (Å²) in [5, 5.41) is 2.99. The predicted octanol–water partition coefficient (Wildman–Crippen LogP) is 0.727. The molecule has 1 aliphatic heterocycles. The van der Waals surface area contributed by atoms with E-state index < -0.39 is 0 Å². The highest BCUT2D eigenvalue weighted by atomic mass is 32.2. The predicted molar refractivity (Wildman–Crippen MR) is 45.2 cm³/mol. The minimum Gasteiger partial charge on any atom is -0.462 e. The second-order valence-corrected chi connectivity index (χ2v) is 3.17. The van der Waals surface area contributed by atoms with Gasteiger partial charge in [-0.25, -0.2) is 4.79 Å². The van der Waals surface area contributed by atoms with Gasteiger partial charge in [-0.1, -0.05) is 0 Å². The van der Waals surface area contributed by atoms with Crippen molar-refractivity contribution < 1.29 is 9.53 Å². The molecule has 0 saturated carbocycles. The van der Waals surface area contributed by atoms with Gasteiger partial charge in [-0.3, -0.25) is 0 Å². The molecule has 1 aliphatic rings. The van der Waals surface area contributed by atoms with Crippen molar-refractivity contribution in [2.45, 2.75) is 6.92 Å². The zero-order chi connectivity index (χ0) is 8.10. The van der Waals surface area contributed by atoms with Gasteiger partial charge in [0.05, 0.1) is 6.61 Å². The quantitative estimate of drug-likeness (QED) is 0.625. The third kappa shape index (κ3) is 2.46. The van der Waals surface area contributed by atoms with Crippen molar-refractivity contribution in [2.75, 3.05) is 18.9 Å². The Morgan fingerprint density at radius 1 is 1.91 bits per heavy atom. The second-order valence-electron chi connectivity index (χ2n) is 2.03. The lowest BCUT2D eigenvalue weighted by Gasteiger charge is -2.11. The van der Waals surface area contributed by atoms with Crippen molar-refractivity contribution in [1.29, 1.82) is 0 Å². The standard InChI is InChI=1S/C7H11NO2S/c1-2-10-7(9)6-5-8-3-4-11-6/h5,8H,2-4H2,1H3. The highest BCUT2D eigenvalue weighted by Gasteiger charge is 2.12. The summed E-state index contributed by atoms with van der Waals surface area (Å²) in [6.07, 6.45) is 1.71. The van der Waals surface area contributed by atoms with E-state index in [0.717, 1.165) is 12.3 Å². The van der Waals surface area contributed by atoms with Gasteiger partial charge in [0, 0.05) is 18.5 Å². The molecule has 0 radical (unpaired) electrons. The normalized spacial score (nSPS) is 16.6. The number of carbonyl (C=O) groups excluding carboxylic acids is 1. The van der Waals surface area contributed by atoms with Crippen LogP contribution >= 0.6 is 11.8 Å². The van der Waals surface area contributed by atoms with Crippen LogP contribution in [0, 0.1) is 0 Å². The average molecular weight is 173 g/mol. The van der Waals surface area contributed by atoms with Crippen LogP contribution in [0.1, 0.15) is 6.92 Å². The van der Waals surface area contributed by atoms with Crippen molar-refractivity contribution in [3.63, 3.8) is 0 Å². The van der Waals surface area contributed by atoms with Gasteiger partial charge >= 0.3 is 5.97 Å². The first-order valence-electron chi connectivity index (χ1n) is 3.58. The summed E-state index contributed by atoms with van der Waals surface area (Å²) < 4.78 is 4.81. The van der Waals surface area contributed by atoms with Crippen LogP contribution in [0.4, 0.5) is 0 Å². The van der Waals surface area contributed by atoms with E-state index in [9.17, 15) is 4.79 Å². The van der Waals surface area contributed by atoms with E-state index in [1.54, 1.807) is 13.1 Å². The Labute approximate surface area is 70.2 Å². The molecule has 0 aromatic carbocycles. The summed E-state index contributed by atoms with van der Waals surface area (Å²) in [5.74, 6) is 0.717. The number of ether oxygens (including phenoxy) is 1. The lowest BCUT2D eigenvalue weighted by atomic mass is 10.5. The summed E-state index contributed by atoms with van der Waals surface area (Å²) in [5.41, 5.74) is 0. The molecule has 0 spiro atoms. The van der Waals surface area contributed by atoms with Gasteiger partial charge in [0.2, 0.25) is 0 Å². The number of nitrogens with one attached hydrogen (secondary N) is 1. The first kappa shape index (κ1) is 8.46. The molecule has 0 atom stereocenters. The summed E-state index contributed by atoms with van der Waals surface area (Å²) >= 11 is 1.54. The van der Waals surface area contributed by atoms with Gasteiger partial charge in [-0.05, 0) is 6.92 Å². The molecule has 4 heteroatoms. The Morgan fingerprint density at radius 3 is 3.27 bits per heavy atom. The number of thioether (sulfide) groups is 1. The Balaban J connectivity index is 2.44. The summed E-state index contributed by atoms with van der Waals surface area (Å²) in [7, 11) is 0. The van der Waals surface area contributed by atoms with Gasteiger partial charge in [0.15, 0.2) is 0 Å². The lowest BCUT2D eigenvalue weighted by Crippen LogP contribution is -2.19. The van der Waals surface area contributed by atoms with Crippen molar-refractivity contribution in [2.24, 2.45) is 0 Å². The number of rotatable bonds is 2. The van der Waals surface area contributed by atoms with E-state index in [2.05, 4.69) is 5.32 Å². The molecule has 1 rings (SSSR count). The van der Waals surface area contributed by atoms with Crippen molar-refractivity contribution >= 4 is 17.7 Å². The Morgan fingerprint density at radius 2 is 2.73 bits per heavy atom. The molecule has 62 valence electrons. The molecule has 0 bridgehead atoms. The first-order chi connectivity index (χ1) is 5.34. The van der Waals surface area contributed by atoms with Crippen molar-refractivity contribution in [3.8, 4) is 0 Å². The zero-order valence-corrected chi connectivity index (χ0v) is 7.24. The van der Waals surface area contributed by atoms with Crippen molar-refractivity contribution in [3.05, 3.63) is 11.1 Å². The van der Waals surface area contributed by atoms with E-state index in [0.29, 0.717) is 11.5 Å². The Kier molecular flexibility index (Phi) is 3.29. The summed E-state index contributed by atoms with van der Waals surface area (Å²) in [6, 6.07) is 0. The molecule has 0 fully saturated rings. The maximum absolute atomic E-state index is 11.0. The van der Waals surface area contributed by atoms with E-state index in [1.807, 2.05) is 0 Å². The Bertz CT molecular complexity index is 179. The minimum absolute atomic E-state index is 0.218. The van der Waals surface area contributed by atoms with E-state index in [-0.39, 0.29) is 5.97 Å². The first-order valence-corrected chi connectivity index (χ1v) is 4.56. The molecule has 0 saturated heterocycles. The van der Waals surface area contributed by atoms with Gasteiger partial charge < -0.3 is 10.1 Å². The Hall–Kier alpha value is -0.640. The number of esters is 1. The highest BCUT2D eigenvalue weighted by molar-refractivity contribution is 8.04. The van der Waals surface area contributed by atoms with Crippen LogP contribution in [0.15, 0.2) is 11.1 Å². The number of hydrogen-bond acceptors (Lipinski definition) is 4. The minimum atomic E-state index is -0.218. The molecule has 3 nitrogen and oxygen atoms in total. The fourth-order valence-corrected chi connectivity index (χ4v) is 1.53. The molecule has 0 amide bonds.